The molecule has 0 saturated carbocycles. The van der Waals surface area contributed by atoms with Crippen molar-refractivity contribution in [2.24, 2.45) is 0 Å². The highest BCUT2D eigenvalue weighted by atomic mass is 16.6. The summed E-state index contributed by atoms with van der Waals surface area (Å²) in [5.74, 6) is -0.867. The van der Waals surface area contributed by atoms with Crippen LogP contribution in [0.25, 0.3) is 0 Å². The Morgan fingerprint density at radius 2 is 0.581 bits per heavy atom. The molecule has 6 nitrogen and oxygen atoms in total. The second-order valence-corrected chi connectivity index (χ2v) is 18.5. The van der Waals surface area contributed by atoms with Crippen LogP contribution in [0.1, 0.15) is 297 Å². The van der Waals surface area contributed by atoms with Crippen LogP contribution in [0.3, 0.4) is 0 Å². The Labute approximate surface area is 385 Å². The number of carbonyl (C=O) groups is 3. The first-order valence-corrected chi connectivity index (χ1v) is 27.3. The lowest BCUT2D eigenvalue weighted by Crippen LogP contribution is -2.30. The highest BCUT2D eigenvalue weighted by molar-refractivity contribution is 5.71. The topological polar surface area (TPSA) is 78.9 Å². The van der Waals surface area contributed by atoms with Gasteiger partial charge in [0.15, 0.2) is 6.10 Å². The lowest BCUT2D eigenvalue weighted by atomic mass is 10.0. The molecule has 0 N–H and O–H groups in total. The predicted octanol–water partition coefficient (Wildman–Crippen LogP) is 17.9. The lowest BCUT2D eigenvalue weighted by molar-refractivity contribution is -0.167. The molecule has 0 radical (unpaired) electrons. The Bertz CT molecular complexity index is 1000. The van der Waals surface area contributed by atoms with E-state index >= 15 is 0 Å². The molecule has 0 amide bonds. The van der Waals surface area contributed by atoms with Gasteiger partial charge in [-0.1, -0.05) is 251 Å². The summed E-state index contributed by atoms with van der Waals surface area (Å²) in [5, 5.41) is 0. The van der Waals surface area contributed by atoms with Crippen molar-refractivity contribution in [3.05, 3.63) is 24.3 Å². The molecule has 0 aromatic heterocycles. The van der Waals surface area contributed by atoms with Crippen molar-refractivity contribution in [1.29, 1.82) is 0 Å². The maximum absolute atomic E-state index is 12.8. The summed E-state index contributed by atoms with van der Waals surface area (Å²) in [6.45, 7) is 6.64. The lowest BCUT2D eigenvalue weighted by Gasteiger charge is -2.18. The molecule has 364 valence electrons. The minimum absolute atomic E-state index is 0.0706. The molecule has 0 fully saturated rings. The molecule has 0 aromatic carbocycles. The van der Waals surface area contributed by atoms with Crippen molar-refractivity contribution < 1.29 is 28.6 Å². The van der Waals surface area contributed by atoms with Crippen molar-refractivity contribution in [1.82, 2.24) is 0 Å². The van der Waals surface area contributed by atoms with E-state index in [2.05, 4.69) is 45.1 Å². The summed E-state index contributed by atoms with van der Waals surface area (Å²) in [5.41, 5.74) is 0. The first-order chi connectivity index (χ1) is 30.5. The zero-order valence-corrected chi connectivity index (χ0v) is 41.7. The monoisotopic (exact) mass is 873 g/mol. The van der Waals surface area contributed by atoms with Crippen LogP contribution in [0.2, 0.25) is 0 Å². The van der Waals surface area contributed by atoms with Crippen LogP contribution in [0.4, 0.5) is 0 Å². The molecule has 0 aromatic rings. The predicted molar refractivity (Wildman–Crippen MR) is 266 cm³/mol. The van der Waals surface area contributed by atoms with Gasteiger partial charge >= 0.3 is 17.9 Å². The standard InChI is InChI=1S/C56H104O6/c1-4-7-10-13-16-19-22-25-27-29-31-34-37-40-43-46-49-55(58)61-52-53(51-60-54(57)48-45-42-39-36-33-24-21-18-15-12-9-6-3)62-56(59)50-47-44-41-38-35-32-30-28-26-23-20-17-14-11-8-5-2/h19,22,27,29,53H,4-18,20-21,23-26,28,30-52H2,1-3H3/b22-19-,29-27-. The van der Waals surface area contributed by atoms with E-state index in [0.717, 1.165) is 77.0 Å². The maximum atomic E-state index is 12.8. The van der Waals surface area contributed by atoms with E-state index < -0.39 is 6.10 Å². The number of unbranched alkanes of at least 4 members (excludes halogenated alkanes) is 35. The van der Waals surface area contributed by atoms with Crippen LogP contribution in [0.5, 0.6) is 0 Å². The molecule has 0 aliphatic heterocycles. The summed E-state index contributed by atoms with van der Waals surface area (Å²) in [4.78, 5) is 38.0. The maximum Gasteiger partial charge on any atom is 0.306 e. The smallest absolute Gasteiger partial charge is 0.306 e. The molecule has 62 heavy (non-hydrogen) atoms. The number of carbonyl (C=O) groups excluding carboxylic acids is 3. The van der Waals surface area contributed by atoms with Gasteiger partial charge in [0.1, 0.15) is 13.2 Å². The third kappa shape index (κ3) is 48.9. The molecular formula is C56H104O6. The fraction of sp³-hybridized carbons (Fsp3) is 0.875. The van der Waals surface area contributed by atoms with E-state index in [9.17, 15) is 14.4 Å². The number of allylic oxidation sites excluding steroid dienone is 4. The molecule has 0 saturated heterocycles. The molecule has 1 unspecified atom stereocenters. The first kappa shape index (κ1) is 59.9. The van der Waals surface area contributed by atoms with Crippen LogP contribution >= 0.6 is 0 Å². The Hall–Kier alpha value is -2.11. The van der Waals surface area contributed by atoms with E-state index in [0.29, 0.717) is 19.3 Å². The minimum Gasteiger partial charge on any atom is -0.462 e. The Balaban J connectivity index is 4.34. The summed E-state index contributed by atoms with van der Waals surface area (Å²) < 4.78 is 16.8. The van der Waals surface area contributed by atoms with Gasteiger partial charge in [0.2, 0.25) is 0 Å². The van der Waals surface area contributed by atoms with Gasteiger partial charge in [-0.25, -0.2) is 0 Å². The summed E-state index contributed by atoms with van der Waals surface area (Å²) in [6, 6.07) is 0. The number of rotatable bonds is 50. The quantitative estimate of drug-likeness (QED) is 0.0262. The molecule has 0 aliphatic rings. The first-order valence-electron chi connectivity index (χ1n) is 27.3. The zero-order chi connectivity index (χ0) is 45.1. The van der Waals surface area contributed by atoms with E-state index in [4.69, 9.17) is 14.2 Å². The summed E-state index contributed by atoms with van der Waals surface area (Å²) in [7, 11) is 0. The van der Waals surface area contributed by atoms with E-state index in [1.54, 1.807) is 0 Å². The number of hydrogen-bond donors (Lipinski definition) is 0. The molecule has 0 spiro atoms. The van der Waals surface area contributed by atoms with Crippen molar-refractivity contribution in [3.63, 3.8) is 0 Å². The third-order valence-electron chi connectivity index (χ3n) is 12.2. The van der Waals surface area contributed by atoms with Crippen LogP contribution < -0.4 is 0 Å². The van der Waals surface area contributed by atoms with Crippen molar-refractivity contribution in [2.75, 3.05) is 13.2 Å². The van der Waals surface area contributed by atoms with Gasteiger partial charge in [-0.05, 0) is 51.4 Å². The van der Waals surface area contributed by atoms with E-state index in [-0.39, 0.29) is 31.1 Å². The molecule has 6 heteroatoms. The van der Waals surface area contributed by atoms with Gasteiger partial charge in [0, 0.05) is 19.3 Å². The second-order valence-electron chi connectivity index (χ2n) is 18.5. The second kappa shape index (κ2) is 51.5. The van der Waals surface area contributed by atoms with Gasteiger partial charge in [0.25, 0.3) is 0 Å². The fourth-order valence-corrected chi connectivity index (χ4v) is 8.06. The molecule has 0 heterocycles. The molecule has 0 aliphatic carbocycles. The van der Waals surface area contributed by atoms with Crippen molar-refractivity contribution >= 4 is 17.9 Å². The van der Waals surface area contributed by atoms with E-state index in [1.165, 1.54) is 180 Å². The van der Waals surface area contributed by atoms with Crippen LogP contribution in [-0.2, 0) is 28.6 Å². The van der Waals surface area contributed by atoms with Gasteiger partial charge < -0.3 is 14.2 Å². The average molecular weight is 873 g/mol. The molecular weight excluding hydrogens is 769 g/mol. The van der Waals surface area contributed by atoms with E-state index in [1.807, 2.05) is 0 Å². The van der Waals surface area contributed by atoms with Gasteiger partial charge in [0.05, 0.1) is 0 Å². The Morgan fingerprint density at radius 1 is 0.323 bits per heavy atom. The molecule has 1 atom stereocenters. The highest BCUT2D eigenvalue weighted by Gasteiger charge is 2.19. The average Bonchev–Trinajstić information content (AvgIpc) is 3.27. The van der Waals surface area contributed by atoms with Crippen LogP contribution in [-0.4, -0.2) is 37.2 Å². The highest BCUT2D eigenvalue weighted by Crippen LogP contribution is 2.16. The van der Waals surface area contributed by atoms with Gasteiger partial charge in [-0.2, -0.15) is 0 Å². The number of hydrogen-bond acceptors (Lipinski definition) is 6. The fourth-order valence-electron chi connectivity index (χ4n) is 8.06. The Morgan fingerprint density at radius 3 is 0.903 bits per heavy atom. The summed E-state index contributed by atoms with van der Waals surface area (Å²) >= 11 is 0. The Kier molecular flexibility index (Phi) is 49.8. The van der Waals surface area contributed by atoms with Crippen LogP contribution in [0, 0.1) is 0 Å². The van der Waals surface area contributed by atoms with Crippen LogP contribution in [0.15, 0.2) is 24.3 Å². The number of esters is 3. The summed E-state index contributed by atoms with van der Waals surface area (Å²) in [6.07, 6.45) is 58.7. The van der Waals surface area contributed by atoms with Gasteiger partial charge in [-0.3, -0.25) is 14.4 Å². The molecule has 0 bridgehead atoms. The third-order valence-corrected chi connectivity index (χ3v) is 12.2. The SMILES string of the molecule is CCCCCC/C=C\C/C=C\CCCCCCCC(=O)OCC(COC(=O)CCCCCCCCCCCCCC)OC(=O)CCCCCCCCCCCCCCCCCC. The normalized spacial score (nSPS) is 12.1. The minimum atomic E-state index is -0.771. The molecule has 0 rings (SSSR count). The van der Waals surface area contributed by atoms with Crippen molar-refractivity contribution in [3.8, 4) is 0 Å². The zero-order valence-electron chi connectivity index (χ0n) is 41.7. The van der Waals surface area contributed by atoms with Crippen molar-refractivity contribution in [2.45, 2.75) is 303 Å². The largest absolute Gasteiger partial charge is 0.462 e. The number of ether oxygens (including phenoxy) is 3. The van der Waals surface area contributed by atoms with Gasteiger partial charge in [-0.15, -0.1) is 0 Å².